The number of carboxylic acid groups (broad SMARTS) is 1. The fourth-order valence-corrected chi connectivity index (χ4v) is 2.38. The monoisotopic (exact) mass is 273 g/mol. The van der Waals surface area contributed by atoms with Crippen molar-refractivity contribution in [3.05, 3.63) is 29.8 Å². The largest absolute Gasteiger partial charge is 0.481 e. The third kappa shape index (κ3) is 5.15. The lowest BCUT2D eigenvalue weighted by molar-refractivity contribution is -0.136. The predicted octanol–water partition coefficient (Wildman–Crippen LogP) is 1.05. The number of aliphatic carboxylic acids is 1. The van der Waals surface area contributed by atoms with E-state index in [4.69, 9.17) is 9.84 Å². The number of hydrogen-bond donors (Lipinski definition) is 2. The molecular weight excluding hydrogens is 258 g/mol. The van der Waals surface area contributed by atoms with Crippen molar-refractivity contribution in [2.24, 2.45) is 0 Å². The molecule has 0 saturated carbocycles. The number of nitrogens with one attached hydrogen (secondary N) is 1. The van der Waals surface area contributed by atoms with Crippen molar-refractivity contribution in [3.8, 4) is 0 Å². The molecule has 0 bridgehead atoms. The molecule has 0 aliphatic heterocycles. The zero-order valence-corrected chi connectivity index (χ0v) is 10.7. The Balaban J connectivity index is 2.71. The molecule has 0 saturated heterocycles. The van der Waals surface area contributed by atoms with Crippen LogP contribution in [0.5, 0.6) is 0 Å². The maximum atomic E-state index is 11.6. The third-order valence-corrected chi connectivity index (χ3v) is 3.38. The van der Waals surface area contributed by atoms with Gasteiger partial charge in [-0.2, -0.15) is 0 Å². The summed E-state index contributed by atoms with van der Waals surface area (Å²) in [7, 11) is -2.09. The molecule has 2 N–H and O–H groups in total. The van der Waals surface area contributed by atoms with E-state index in [2.05, 4.69) is 4.72 Å². The molecule has 18 heavy (non-hydrogen) atoms. The first-order valence-electron chi connectivity index (χ1n) is 5.23. The second kappa shape index (κ2) is 6.36. The molecule has 0 amide bonds. The van der Waals surface area contributed by atoms with Crippen molar-refractivity contribution in [2.75, 3.05) is 17.6 Å². The Morgan fingerprint density at radius 1 is 1.44 bits per heavy atom. The molecule has 1 aromatic carbocycles. The molecule has 0 aliphatic carbocycles. The van der Waals surface area contributed by atoms with E-state index >= 15 is 0 Å². The first-order valence-corrected chi connectivity index (χ1v) is 6.88. The number of methoxy groups -OCH3 is 1. The van der Waals surface area contributed by atoms with Crippen LogP contribution in [0.4, 0.5) is 5.69 Å². The second-order valence-electron chi connectivity index (χ2n) is 3.70. The maximum Gasteiger partial charge on any atom is 0.304 e. The van der Waals surface area contributed by atoms with Gasteiger partial charge >= 0.3 is 5.97 Å². The fraction of sp³-hybridized carbons (Fsp3) is 0.364. The van der Waals surface area contributed by atoms with Gasteiger partial charge in [0.05, 0.1) is 18.8 Å². The van der Waals surface area contributed by atoms with Gasteiger partial charge in [-0.3, -0.25) is 9.52 Å². The highest BCUT2D eigenvalue weighted by atomic mass is 32.2. The predicted molar refractivity (Wildman–Crippen MR) is 66.8 cm³/mol. The fourth-order valence-electron chi connectivity index (χ4n) is 1.34. The number of benzene rings is 1. The van der Waals surface area contributed by atoms with Gasteiger partial charge in [0.1, 0.15) is 0 Å². The average Bonchev–Trinajstić information content (AvgIpc) is 2.27. The summed E-state index contributed by atoms with van der Waals surface area (Å²) in [5.74, 6) is -1.59. The van der Waals surface area contributed by atoms with Crippen molar-refractivity contribution in [1.29, 1.82) is 0 Å². The summed E-state index contributed by atoms with van der Waals surface area (Å²) >= 11 is 0. The Hall–Kier alpha value is -1.60. The summed E-state index contributed by atoms with van der Waals surface area (Å²) in [6.07, 6.45) is -0.424. The highest BCUT2D eigenvalue weighted by molar-refractivity contribution is 7.92. The number of hydrogen-bond acceptors (Lipinski definition) is 4. The lowest BCUT2D eigenvalue weighted by atomic mass is 10.2. The molecule has 0 spiro atoms. The van der Waals surface area contributed by atoms with Crippen LogP contribution in [0.3, 0.4) is 0 Å². The molecule has 0 fully saturated rings. The number of sulfonamides is 1. The third-order valence-electron chi connectivity index (χ3n) is 2.10. The maximum absolute atomic E-state index is 11.6. The van der Waals surface area contributed by atoms with Gasteiger partial charge in [0, 0.05) is 12.8 Å². The molecular formula is C11H15NO5S. The smallest absolute Gasteiger partial charge is 0.304 e. The van der Waals surface area contributed by atoms with E-state index in [1.807, 2.05) is 0 Å². The lowest BCUT2D eigenvalue weighted by Crippen LogP contribution is -2.18. The number of rotatable bonds is 7. The topological polar surface area (TPSA) is 92.7 Å². The summed E-state index contributed by atoms with van der Waals surface area (Å²) in [4.78, 5) is 10.3. The average molecular weight is 273 g/mol. The number of ether oxygens (including phenoxy) is 1. The molecule has 0 radical (unpaired) electrons. The van der Waals surface area contributed by atoms with Crippen LogP contribution in [0.2, 0.25) is 0 Å². The lowest BCUT2D eigenvalue weighted by Gasteiger charge is -2.08. The van der Waals surface area contributed by atoms with Gasteiger partial charge in [0.25, 0.3) is 0 Å². The second-order valence-corrected chi connectivity index (χ2v) is 5.54. The number of anilines is 1. The molecule has 1 rings (SSSR count). The number of carbonyl (C=O) groups is 1. The minimum atomic E-state index is -3.63. The van der Waals surface area contributed by atoms with Crippen molar-refractivity contribution in [2.45, 2.75) is 13.0 Å². The highest BCUT2D eigenvalue weighted by Crippen LogP contribution is 2.13. The molecule has 0 unspecified atom stereocenters. The Kier molecular flexibility index (Phi) is 5.11. The highest BCUT2D eigenvalue weighted by Gasteiger charge is 2.12. The van der Waals surface area contributed by atoms with E-state index in [0.717, 1.165) is 5.56 Å². The summed E-state index contributed by atoms with van der Waals surface area (Å²) < 4.78 is 30.4. The van der Waals surface area contributed by atoms with Gasteiger partial charge in [-0.25, -0.2) is 8.42 Å². The van der Waals surface area contributed by atoms with Crippen molar-refractivity contribution >= 4 is 21.7 Å². The van der Waals surface area contributed by atoms with Crippen LogP contribution >= 0.6 is 0 Å². The zero-order chi connectivity index (χ0) is 13.6. The summed E-state index contributed by atoms with van der Waals surface area (Å²) in [5.41, 5.74) is 1.23. The molecule has 0 heterocycles. The molecule has 7 heteroatoms. The summed E-state index contributed by atoms with van der Waals surface area (Å²) in [5, 5.41) is 8.45. The number of carboxylic acids is 1. The first-order chi connectivity index (χ1) is 8.43. The molecule has 0 atom stereocenters. The Morgan fingerprint density at radius 2 is 2.17 bits per heavy atom. The van der Waals surface area contributed by atoms with Gasteiger partial charge in [0.15, 0.2) is 0 Å². The normalized spacial score (nSPS) is 11.2. The van der Waals surface area contributed by atoms with Gasteiger partial charge in [-0.15, -0.1) is 0 Å². The molecule has 1 aromatic rings. The van der Waals surface area contributed by atoms with Crippen LogP contribution in [0.25, 0.3) is 0 Å². The van der Waals surface area contributed by atoms with Crippen molar-refractivity contribution < 1.29 is 23.1 Å². The van der Waals surface area contributed by atoms with E-state index in [1.165, 1.54) is 0 Å². The molecule has 100 valence electrons. The first kappa shape index (κ1) is 14.5. The van der Waals surface area contributed by atoms with Crippen LogP contribution in [-0.4, -0.2) is 32.4 Å². The quantitative estimate of drug-likeness (QED) is 0.774. The van der Waals surface area contributed by atoms with E-state index in [1.54, 1.807) is 31.4 Å². The zero-order valence-electron chi connectivity index (χ0n) is 9.92. The Labute approximate surface area is 106 Å². The van der Waals surface area contributed by atoms with Gasteiger partial charge in [-0.05, 0) is 17.7 Å². The molecule has 0 aliphatic rings. The van der Waals surface area contributed by atoms with Gasteiger partial charge in [0.2, 0.25) is 10.0 Å². The molecule has 6 nitrogen and oxygen atoms in total. The summed E-state index contributed by atoms with van der Waals surface area (Å²) in [6.45, 7) is 0.380. The van der Waals surface area contributed by atoms with Crippen LogP contribution in [0.15, 0.2) is 24.3 Å². The van der Waals surface area contributed by atoms with E-state index in [9.17, 15) is 13.2 Å². The van der Waals surface area contributed by atoms with Crippen LogP contribution in [-0.2, 0) is 26.2 Å². The van der Waals surface area contributed by atoms with Crippen LogP contribution in [0.1, 0.15) is 12.0 Å². The van der Waals surface area contributed by atoms with Gasteiger partial charge < -0.3 is 9.84 Å². The van der Waals surface area contributed by atoms with Crippen LogP contribution < -0.4 is 4.72 Å². The standard InChI is InChI=1S/C11H15NO5S/c1-17-8-9-3-2-4-10(7-9)12-18(15,16)6-5-11(13)14/h2-4,7,12H,5-6,8H2,1H3,(H,13,14). The summed E-state index contributed by atoms with van der Waals surface area (Å²) in [6, 6.07) is 6.74. The SMILES string of the molecule is COCc1cccc(NS(=O)(=O)CCC(=O)O)c1. The van der Waals surface area contributed by atoms with Crippen molar-refractivity contribution in [3.63, 3.8) is 0 Å². The Morgan fingerprint density at radius 3 is 2.78 bits per heavy atom. The minimum Gasteiger partial charge on any atom is -0.481 e. The van der Waals surface area contributed by atoms with E-state index in [0.29, 0.717) is 12.3 Å². The van der Waals surface area contributed by atoms with Crippen molar-refractivity contribution in [1.82, 2.24) is 0 Å². The van der Waals surface area contributed by atoms with E-state index in [-0.39, 0.29) is 0 Å². The molecule has 0 aromatic heterocycles. The Bertz CT molecular complexity index is 512. The van der Waals surface area contributed by atoms with Gasteiger partial charge in [-0.1, -0.05) is 12.1 Å². The minimum absolute atomic E-state index is 0.380. The van der Waals surface area contributed by atoms with E-state index < -0.39 is 28.2 Å². The van der Waals surface area contributed by atoms with Crippen LogP contribution in [0, 0.1) is 0 Å².